The van der Waals surface area contributed by atoms with Crippen LogP contribution < -0.4 is 5.32 Å². The first-order chi connectivity index (χ1) is 6.36. The van der Waals surface area contributed by atoms with Gasteiger partial charge in [-0.05, 0) is 43.7 Å². The molecule has 0 bridgehead atoms. The molecule has 0 amide bonds. The molecule has 0 saturated carbocycles. The van der Waals surface area contributed by atoms with Gasteiger partial charge in [0.05, 0.1) is 6.10 Å². The van der Waals surface area contributed by atoms with Crippen molar-refractivity contribution < 1.29 is 4.74 Å². The molecule has 3 atom stereocenters. The summed E-state index contributed by atoms with van der Waals surface area (Å²) in [6, 6.07) is 0.616. The first-order valence-corrected chi connectivity index (χ1v) is 6.44. The van der Waals surface area contributed by atoms with Gasteiger partial charge in [-0.1, -0.05) is 0 Å². The fraction of sp³-hybridized carbons (Fsp3) is 1.00. The van der Waals surface area contributed by atoms with E-state index in [0.717, 1.165) is 12.5 Å². The molecule has 0 aromatic carbocycles. The molecule has 0 aromatic rings. The maximum Gasteiger partial charge on any atom is 0.0700 e. The van der Waals surface area contributed by atoms with E-state index in [2.05, 4.69) is 24.0 Å². The van der Waals surface area contributed by atoms with E-state index in [1.165, 1.54) is 30.9 Å². The Morgan fingerprint density at radius 1 is 1.46 bits per heavy atom. The van der Waals surface area contributed by atoms with Gasteiger partial charge in [-0.15, -0.1) is 0 Å². The molecule has 1 N–H and O–H groups in total. The minimum absolute atomic E-state index is 0.425. The van der Waals surface area contributed by atoms with Gasteiger partial charge in [-0.2, -0.15) is 11.8 Å². The topological polar surface area (TPSA) is 21.3 Å². The van der Waals surface area contributed by atoms with Crippen molar-refractivity contribution in [2.45, 2.75) is 31.9 Å². The van der Waals surface area contributed by atoms with Crippen LogP contribution >= 0.6 is 11.8 Å². The second-order valence-corrected chi connectivity index (χ2v) is 5.26. The van der Waals surface area contributed by atoms with Crippen LogP contribution in [-0.4, -0.2) is 36.8 Å². The largest absolute Gasteiger partial charge is 0.377 e. The zero-order chi connectivity index (χ0) is 9.10. The maximum atomic E-state index is 5.51. The first kappa shape index (κ1) is 9.81. The van der Waals surface area contributed by atoms with Crippen molar-refractivity contribution in [1.29, 1.82) is 0 Å². The molecule has 0 spiro atoms. The third kappa shape index (κ3) is 2.61. The Morgan fingerprint density at radius 3 is 3.00 bits per heavy atom. The van der Waals surface area contributed by atoms with Gasteiger partial charge in [0.15, 0.2) is 0 Å². The van der Waals surface area contributed by atoms with Crippen LogP contribution in [0.25, 0.3) is 0 Å². The number of ether oxygens (including phenoxy) is 1. The lowest BCUT2D eigenvalue weighted by Crippen LogP contribution is -2.37. The monoisotopic (exact) mass is 201 g/mol. The predicted molar refractivity (Wildman–Crippen MR) is 57.3 cm³/mol. The third-order valence-electron chi connectivity index (χ3n) is 3.07. The molecule has 2 rings (SSSR count). The van der Waals surface area contributed by atoms with Crippen LogP contribution in [0.5, 0.6) is 0 Å². The Morgan fingerprint density at radius 2 is 2.38 bits per heavy atom. The summed E-state index contributed by atoms with van der Waals surface area (Å²) < 4.78 is 5.51. The van der Waals surface area contributed by atoms with Gasteiger partial charge in [0.25, 0.3) is 0 Å². The van der Waals surface area contributed by atoms with E-state index in [1.54, 1.807) is 0 Å². The predicted octanol–water partition coefficient (Wildman–Crippen LogP) is 1.51. The summed E-state index contributed by atoms with van der Waals surface area (Å²) in [5, 5.41) is 3.63. The summed E-state index contributed by atoms with van der Waals surface area (Å²) in [5.41, 5.74) is 0. The van der Waals surface area contributed by atoms with Crippen LogP contribution in [0.3, 0.4) is 0 Å². The van der Waals surface area contributed by atoms with Crippen molar-refractivity contribution in [3.63, 3.8) is 0 Å². The lowest BCUT2D eigenvalue weighted by atomic mass is 10.1. The van der Waals surface area contributed by atoms with Crippen molar-refractivity contribution >= 4 is 11.8 Å². The van der Waals surface area contributed by atoms with E-state index in [0.29, 0.717) is 12.1 Å². The molecule has 76 valence electrons. The Hall–Kier alpha value is 0.270. The van der Waals surface area contributed by atoms with E-state index in [4.69, 9.17) is 4.74 Å². The van der Waals surface area contributed by atoms with Crippen LogP contribution in [0.1, 0.15) is 19.8 Å². The SMILES string of the molecule is C[C@H]1OCC[C@H]1NCC1CCSC1. The second kappa shape index (κ2) is 4.67. The molecule has 3 heteroatoms. The molecule has 0 aromatic heterocycles. The second-order valence-electron chi connectivity index (χ2n) is 4.11. The Bertz CT molecular complexity index is 159. The lowest BCUT2D eigenvalue weighted by Gasteiger charge is -2.18. The Labute approximate surface area is 84.8 Å². The minimum Gasteiger partial charge on any atom is -0.377 e. The Kier molecular flexibility index (Phi) is 3.52. The highest BCUT2D eigenvalue weighted by Gasteiger charge is 2.25. The molecule has 1 unspecified atom stereocenters. The minimum atomic E-state index is 0.425. The summed E-state index contributed by atoms with van der Waals surface area (Å²) in [6.07, 6.45) is 3.02. The van der Waals surface area contributed by atoms with Gasteiger partial charge in [0.2, 0.25) is 0 Å². The van der Waals surface area contributed by atoms with Crippen molar-refractivity contribution in [2.24, 2.45) is 5.92 Å². The highest BCUT2D eigenvalue weighted by atomic mass is 32.2. The standard InChI is InChI=1S/C10H19NOS/c1-8-10(2-4-12-8)11-6-9-3-5-13-7-9/h8-11H,2-7H2,1H3/t8-,9?,10-/m1/s1. The number of hydrogen-bond donors (Lipinski definition) is 1. The van der Waals surface area contributed by atoms with Crippen molar-refractivity contribution in [1.82, 2.24) is 5.32 Å². The summed E-state index contributed by atoms with van der Waals surface area (Å²) >= 11 is 2.09. The molecular weight excluding hydrogens is 182 g/mol. The van der Waals surface area contributed by atoms with Crippen LogP contribution in [-0.2, 0) is 4.74 Å². The highest BCUT2D eigenvalue weighted by molar-refractivity contribution is 7.99. The molecule has 2 fully saturated rings. The number of thioether (sulfide) groups is 1. The average Bonchev–Trinajstić information content (AvgIpc) is 2.72. The highest BCUT2D eigenvalue weighted by Crippen LogP contribution is 2.23. The quantitative estimate of drug-likeness (QED) is 0.748. The van der Waals surface area contributed by atoms with E-state index in [1.807, 2.05) is 0 Å². The van der Waals surface area contributed by atoms with Gasteiger partial charge in [-0.3, -0.25) is 0 Å². The normalized spacial score (nSPS) is 39.9. The van der Waals surface area contributed by atoms with E-state index < -0.39 is 0 Å². The van der Waals surface area contributed by atoms with Gasteiger partial charge >= 0.3 is 0 Å². The molecule has 2 aliphatic rings. The van der Waals surface area contributed by atoms with Gasteiger partial charge in [-0.25, -0.2) is 0 Å². The first-order valence-electron chi connectivity index (χ1n) is 5.29. The summed E-state index contributed by atoms with van der Waals surface area (Å²) in [6.45, 7) is 4.32. The number of nitrogens with one attached hydrogen (secondary N) is 1. The van der Waals surface area contributed by atoms with E-state index in [-0.39, 0.29) is 0 Å². The summed E-state index contributed by atoms with van der Waals surface area (Å²) in [7, 11) is 0. The molecule has 2 saturated heterocycles. The summed E-state index contributed by atoms with van der Waals surface area (Å²) in [5.74, 6) is 3.63. The molecule has 2 nitrogen and oxygen atoms in total. The third-order valence-corrected chi connectivity index (χ3v) is 4.30. The van der Waals surface area contributed by atoms with Gasteiger partial charge < -0.3 is 10.1 Å². The van der Waals surface area contributed by atoms with Gasteiger partial charge in [0, 0.05) is 12.6 Å². The van der Waals surface area contributed by atoms with Crippen LogP contribution in [0.2, 0.25) is 0 Å². The summed E-state index contributed by atoms with van der Waals surface area (Å²) in [4.78, 5) is 0. The number of rotatable bonds is 3. The van der Waals surface area contributed by atoms with Crippen LogP contribution in [0.15, 0.2) is 0 Å². The molecular formula is C10H19NOS. The van der Waals surface area contributed by atoms with Crippen molar-refractivity contribution in [3.05, 3.63) is 0 Å². The fourth-order valence-electron chi connectivity index (χ4n) is 2.06. The molecule has 2 heterocycles. The fourth-order valence-corrected chi connectivity index (χ4v) is 3.35. The van der Waals surface area contributed by atoms with Crippen molar-refractivity contribution in [3.8, 4) is 0 Å². The smallest absolute Gasteiger partial charge is 0.0700 e. The average molecular weight is 201 g/mol. The van der Waals surface area contributed by atoms with E-state index >= 15 is 0 Å². The zero-order valence-corrected chi connectivity index (χ0v) is 9.11. The molecule has 2 aliphatic heterocycles. The number of hydrogen-bond acceptors (Lipinski definition) is 3. The lowest BCUT2D eigenvalue weighted by molar-refractivity contribution is 0.112. The van der Waals surface area contributed by atoms with Gasteiger partial charge in [0.1, 0.15) is 0 Å². The van der Waals surface area contributed by atoms with E-state index in [9.17, 15) is 0 Å². The van der Waals surface area contributed by atoms with Crippen LogP contribution in [0, 0.1) is 5.92 Å². The molecule has 13 heavy (non-hydrogen) atoms. The Balaban J connectivity index is 1.66. The zero-order valence-electron chi connectivity index (χ0n) is 8.29. The molecule has 0 aliphatic carbocycles. The maximum absolute atomic E-state index is 5.51. The molecule has 0 radical (unpaired) electrons. The van der Waals surface area contributed by atoms with Crippen LogP contribution in [0.4, 0.5) is 0 Å². The van der Waals surface area contributed by atoms with Crippen molar-refractivity contribution in [2.75, 3.05) is 24.7 Å².